The van der Waals surface area contributed by atoms with Gasteiger partial charge < -0.3 is 15.4 Å². The Kier molecular flexibility index (Phi) is 5.93. The first-order valence-corrected chi connectivity index (χ1v) is 10.1. The van der Waals surface area contributed by atoms with Gasteiger partial charge in [-0.2, -0.15) is 10.0 Å². The number of hydrogen-bond donors (Lipinski definition) is 2. The Labute approximate surface area is 190 Å². The van der Waals surface area contributed by atoms with Gasteiger partial charge in [-0.25, -0.2) is 9.97 Å². The van der Waals surface area contributed by atoms with Crippen LogP contribution in [0.4, 0.5) is 11.5 Å². The maximum absolute atomic E-state index is 12.1. The van der Waals surface area contributed by atoms with Crippen LogP contribution in [0.5, 0.6) is 0 Å². The molecule has 0 saturated carbocycles. The van der Waals surface area contributed by atoms with Gasteiger partial charge in [-0.3, -0.25) is 10.2 Å². The van der Waals surface area contributed by atoms with Crippen molar-refractivity contribution < 1.29 is 9.53 Å². The molecular weight excluding hydrogens is 430 g/mol. The van der Waals surface area contributed by atoms with Crippen LogP contribution in [0.2, 0.25) is 5.02 Å². The zero-order chi connectivity index (χ0) is 22.8. The number of aromatic nitrogens is 2. The summed E-state index contributed by atoms with van der Waals surface area (Å²) in [7, 11) is 5.22. The highest BCUT2D eigenvalue weighted by atomic mass is 35.5. The molecule has 0 aliphatic carbocycles. The average molecular weight is 452 g/mol. The first-order valence-electron chi connectivity index (χ1n) is 9.76. The van der Waals surface area contributed by atoms with Crippen LogP contribution in [-0.4, -0.2) is 52.9 Å². The summed E-state index contributed by atoms with van der Waals surface area (Å²) >= 11 is 6.03. The minimum Gasteiger partial charge on any atom is -0.437 e. The van der Waals surface area contributed by atoms with Crippen molar-refractivity contribution in [1.82, 2.24) is 25.3 Å². The molecule has 2 aromatic carbocycles. The van der Waals surface area contributed by atoms with Crippen LogP contribution in [0.15, 0.2) is 59.7 Å². The summed E-state index contributed by atoms with van der Waals surface area (Å²) in [5.41, 5.74) is 12.2. The van der Waals surface area contributed by atoms with Crippen LogP contribution in [0.1, 0.15) is 22.3 Å². The molecule has 2 heterocycles. The number of amides is 1. The maximum Gasteiger partial charge on any atom is 0.307 e. The van der Waals surface area contributed by atoms with E-state index in [4.69, 9.17) is 22.1 Å². The third kappa shape index (κ3) is 4.48. The maximum atomic E-state index is 12.1. The number of rotatable bonds is 4. The quantitative estimate of drug-likeness (QED) is 0.626. The van der Waals surface area contributed by atoms with Gasteiger partial charge in [0.05, 0.1) is 17.6 Å². The van der Waals surface area contributed by atoms with Crippen LogP contribution in [-0.2, 0) is 4.74 Å². The van der Waals surface area contributed by atoms with Gasteiger partial charge in [0, 0.05) is 37.3 Å². The highest BCUT2D eigenvalue weighted by Crippen LogP contribution is 2.29. The van der Waals surface area contributed by atoms with Gasteiger partial charge in [0.2, 0.25) is 6.23 Å². The summed E-state index contributed by atoms with van der Waals surface area (Å²) in [4.78, 5) is 27.0. The Bertz CT molecular complexity index is 1180. The van der Waals surface area contributed by atoms with Gasteiger partial charge in [0.15, 0.2) is 5.82 Å². The second kappa shape index (κ2) is 8.81. The average Bonchev–Trinajstić information content (AvgIpc) is 3.13. The van der Waals surface area contributed by atoms with Crippen LogP contribution in [0.3, 0.4) is 0 Å². The molecule has 32 heavy (non-hydrogen) atoms. The number of carbonyl (C=O) groups excluding carboxylic acids is 1. The fraction of sp³-hybridized carbons (Fsp3) is 0.182. The fourth-order valence-corrected chi connectivity index (χ4v) is 3.33. The smallest absolute Gasteiger partial charge is 0.307 e. The van der Waals surface area contributed by atoms with Crippen molar-refractivity contribution in [2.45, 2.75) is 6.23 Å². The first-order chi connectivity index (χ1) is 15.3. The minimum absolute atomic E-state index is 0.0702. The van der Waals surface area contributed by atoms with Gasteiger partial charge in [-0.05, 0) is 30.3 Å². The number of hydrogen-bond acceptors (Lipinski definition) is 7. The number of nitrogens with one attached hydrogen (secondary N) is 1. The number of amidine groups is 1. The standard InChI is InChI=1S/C22H22ClN7O2/c1-29(2)20(31)14-9-7-13(8-10-14)17-12-25-19(24)18(27-17)21-30(3)28-22(32-21)26-16-6-4-5-15(23)11-16/h4-12,21H,1-3H3,(H2,24,25)(H,26,28). The van der Waals surface area contributed by atoms with Gasteiger partial charge in [0.25, 0.3) is 5.91 Å². The summed E-state index contributed by atoms with van der Waals surface area (Å²) in [6, 6.07) is 14.6. The van der Waals surface area contributed by atoms with E-state index in [1.807, 2.05) is 24.3 Å². The Balaban J connectivity index is 1.59. The molecule has 3 aromatic rings. The number of nitrogen functional groups attached to an aromatic ring is 1. The van der Waals surface area contributed by atoms with Crippen molar-refractivity contribution in [3.63, 3.8) is 0 Å². The third-order valence-corrected chi connectivity index (χ3v) is 5.02. The zero-order valence-electron chi connectivity index (χ0n) is 17.8. The number of ether oxygens (including phenoxy) is 1. The zero-order valence-corrected chi connectivity index (χ0v) is 18.5. The number of hydrazine groups is 1. The van der Waals surface area contributed by atoms with Gasteiger partial charge in [-0.1, -0.05) is 29.8 Å². The van der Waals surface area contributed by atoms with Crippen molar-refractivity contribution >= 4 is 35.0 Å². The molecule has 1 aliphatic heterocycles. The molecule has 9 nitrogen and oxygen atoms in total. The predicted molar refractivity (Wildman–Crippen MR) is 123 cm³/mol. The number of nitrogens with two attached hydrogens (primary N) is 1. The minimum atomic E-state index is -0.630. The monoisotopic (exact) mass is 451 g/mol. The summed E-state index contributed by atoms with van der Waals surface area (Å²) in [6.07, 6.45) is 0.959. The van der Waals surface area contributed by atoms with E-state index in [1.54, 1.807) is 56.6 Å². The van der Waals surface area contributed by atoms with E-state index >= 15 is 0 Å². The molecule has 1 aromatic heterocycles. The number of aliphatic imine (C=N–C) groups is 1. The molecule has 1 aliphatic rings. The predicted octanol–water partition coefficient (Wildman–Crippen LogP) is 3.23. The number of halogens is 1. The van der Waals surface area contributed by atoms with Gasteiger partial charge in [-0.15, -0.1) is 0 Å². The molecule has 1 unspecified atom stereocenters. The molecule has 10 heteroatoms. The molecule has 1 amide bonds. The summed E-state index contributed by atoms with van der Waals surface area (Å²) in [5.74, 6) is 0.176. The van der Waals surface area contributed by atoms with E-state index in [2.05, 4.69) is 20.4 Å². The lowest BCUT2D eigenvalue weighted by molar-refractivity contribution is 0.0763. The molecule has 0 radical (unpaired) electrons. The molecule has 0 spiro atoms. The van der Waals surface area contributed by atoms with Crippen LogP contribution in [0.25, 0.3) is 11.3 Å². The lowest BCUT2D eigenvalue weighted by Crippen LogP contribution is -2.31. The molecule has 1 atom stereocenters. The normalized spacial score (nSPS) is 17.1. The molecule has 164 valence electrons. The van der Waals surface area contributed by atoms with E-state index in [1.165, 1.54) is 4.90 Å². The molecule has 0 bridgehead atoms. The van der Waals surface area contributed by atoms with Crippen LogP contribution >= 0.6 is 11.6 Å². The second-order valence-electron chi connectivity index (χ2n) is 7.39. The summed E-state index contributed by atoms with van der Waals surface area (Å²) in [5, 5.41) is 2.28. The summed E-state index contributed by atoms with van der Waals surface area (Å²) < 4.78 is 5.94. The van der Waals surface area contributed by atoms with E-state index in [0.717, 1.165) is 5.56 Å². The molecule has 3 N–H and O–H groups in total. The third-order valence-electron chi connectivity index (χ3n) is 4.78. The van der Waals surface area contributed by atoms with E-state index in [9.17, 15) is 4.79 Å². The molecule has 1 saturated heterocycles. The first kappa shape index (κ1) is 21.5. The topological polar surface area (TPSA) is 109 Å². The van der Waals surface area contributed by atoms with Crippen molar-refractivity contribution in [1.29, 1.82) is 0 Å². The number of nitrogens with zero attached hydrogens (tertiary/aromatic N) is 5. The molecular formula is C22H22ClN7O2. The van der Waals surface area contributed by atoms with Crippen molar-refractivity contribution in [2.24, 2.45) is 4.99 Å². The highest BCUT2D eigenvalue weighted by molar-refractivity contribution is 6.30. The van der Waals surface area contributed by atoms with E-state index in [-0.39, 0.29) is 17.7 Å². The second-order valence-corrected chi connectivity index (χ2v) is 7.83. The largest absolute Gasteiger partial charge is 0.437 e. The number of anilines is 1. The SMILES string of the molecule is CN(C)C(=O)c1ccc(-c2cnc(N)c(C3OC(=Nc4cccc(Cl)c4)NN3C)n2)cc1. The number of carbonyl (C=O) groups is 1. The highest BCUT2D eigenvalue weighted by Gasteiger charge is 2.32. The van der Waals surface area contributed by atoms with Crippen molar-refractivity contribution in [3.8, 4) is 11.3 Å². The molecule has 1 fully saturated rings. The number of benzene rings is 2. The van der Waals surface area contributed by atoms with E-state index < -0.39 is 6.23 Å². The lowest BCUT2D eigenvalue weighted by atomic mass is 10.1. The fourth-order valence-electron chi connectivity index (χ4n) is 3.15. The van der Waals surface area contributed by atoms with Gasteiger partial charge >= 0.3 is 6.02 Å². The van der Waals surface area contributed by atoms with Crippen molar-refractivity contribution in [2.75, 3.05) is 26.9 Å². The van der Waals surface area contributed by atoms with Crippen molar-refractivity contribution in [3.05, 3.63) is 71.0 Å². The molecule has 4 rings (SSSR count). The Hall–Kier alpha value is -3.69. The Morgan fingerprint density at radius 3 is 2.69 bits per heavy atom. The van der Waals surface area contributed by atoms with Gasteiger partial charge in [0.1, 0.15) is 5.69 Å². The Morgan fingerprint density at radius 2 is 2.00 bits per heavy atom. The lowest BCUT2D eigenvalue weighted by Gasteiger charge is -2.17. The van der Waals surface area contributed by atoms with Crippen LogP contribution in [0, 0.1) is 0 Å². The summed E-state index contributed by atoms with van der Waals surface area (Å²) in [6.45, 7) is 0. The Morgan fingerprint density at radius 1 is 1.25 bits per heavy atom. The van der Waals surface area contributed by atoms with E-state index in [0.29, 0.717) is 27.7 Å². The van der Waals surface area contributed by atoms with Crippen LogP contribution < -0.4 is 11.2 Å².